The predicted octanol–water partition coefficient (Wildman–Crippen LogP) is 6.16. The number of rotatable bonds is 11. The van der Waals surface area contributed by atoms with Crippen LogP contribution in [0.1, 0.15) is 94.4 Å². The van der Waals surface area contributed by atoms with Gasteiger partial charge >= 0.3 is 25.5 Å². The Balaban J connectivity index is 2.74. The van der Waals surface area contributed by atoms with Gasteiger partial charge in [-0.2, -0.15) is 0 Å². The molecule has 1 aliphatic heterocycles. The number of carbonyl (C=O) groups excluding carboxylic acids is 3. The molecule has 6 atom stereocenters. The van der Waals surface area contributed by atoms with Gasteiger partial charge in [-0.25, -0.2) is 0 Å². The van der Waals surface area contributed by atoms with Crippen LogP contribution in [0.15, 0.2) is 30.3 Å². The average Bonchev–Trinajstić information content (AvgIpc) is 2.89. The van der Waals surface area contributed by atoms with Crippen LogP contribution in [0.2, 0.25) is 0 Å². The molecule has 0 spiro atoms. The quantitative estimate of drug-likeness (QED) is 0.169. The van der Waals surface area contributed by atoms with E-state index in [4.69, 9.17) is 28.0 Å². The smallest absolute Gasteiger partial charge is 0.352 e. The highest BCUT2D eigenvalue weighted by atomic mass is 31.2. The minimum atomic E-state index is -3.89. The van der Waals surface area contributed by atoms with Gasteiger partial charge in [-0.05, 0) is 88.6 Å². The number of hydrogen-bond acceptors (Lipinski definition) is 11. The van der Waals surface area contributed by atoms with E-state index in [9.17, 15) is 18.9 Å². The van der Waals surface area contributed by atoms with Crippen LogP contribution in [0.3, 0.4) is 0 Å². The van der Waals surface area contributed by atoms with Crippen molar-refractivity contribution in [2.45, 2.75) is 120 Å². The van der Waals surface area contributed by atoms with Gasteiger partial charge in [0.15, 0.2) is 24.5 Å². The van der Waals surface area contributed by atoms with Crippen LogP contribution in [0.5, 0.6) is 0 Å². The molecule has 1 aromatic rings. The zero-order valence-corrected chi connectivity index (χ0v) is 29.2. The molecule has 1 fully saturated rings. The van der Waals surface area contributed by atoms with Crippen LogP contribution in [0, 0.1) is 16.2 Å². The van der Waals surface area contributed by atoms with Gasteiger partial charge in [-0.3, -0.25) is 24.3 Å². The zero-order chi connectivity index (χ0) is 33.7. The van der Waals surface area contributed by atoms with Crippen LogP contribution in [0.25, 0.3) is 0 Å². The molecule has 12 heteroatoms. The number of carbonyl (C=O) groups is 3. The van der Waals surface area contributed by atoms with E-state index in [0.717, 1.165) is 0 Å². The summed E-state index contributed by atoms with van der Waals surface area (Å²) in [5, 5.41) is 3.22. The van der Waals surface area contributed by atoms with Gasteiger partial charge in [0.1, 0.15) is 5.78 Å². The first-order valence-corrected chi connectivity index (χ1v) is 16.7. The molecule has 0 amide bonds. The number of benzene rings is 1. The van der Waals surface area contributed by atoms with E-state index in [1.807, 2.05) is 6.07 Å². The van der Waals surface area contributed by atoms with E-state index < -0.39 is 78.2 Å². The second kappa shape index (κ2) is 14.9. The first-order chi connectivity index (χ1) is 20.2. The summed E-state index contributed by atoms with van der Waals surface area (Å²) < 4.78 is 50.0. The maximum atomic E-state index is 14.2. The molecule has 0 radical (unpaired) electrons. The molecule has 0 saturated carbocycles. The highest BCUT2D eigenvalue weighted by Gasteiger charge is 2.54. The van der Waals surface area contributed by atoms with E-state index in [2.05, 4.69) is 5.32 Å². The Morgan fingerprint density at radius 2 is 1.16 bits per heavy atom. The Hall–Kier alpha value is -2.30. The third-order valence-electron chi connectivity index (χ3n) is 6.71. The van der Waals surface area contributed by atoms with Gasteiger partial charge in [-0.15, -0.1) is 0 Å². The van der Waals surface area contributed by atoms with Gasteiger partial charge in [0.2, 0.25) is 0 Å². The fourth-order valence-corrected chi connectivity index (χ4v) is 6.14. The molecule has 1 unspecified atom stereocenters. The fourth-order valence-electron chi connectivity index (χ4n) is 4.18. The first-order valence-electron chi connectivity index (χ1n) is 15.1. The molecule has 1 heterocycles. The molecule has 250 valence electrons. The van der Waals surface area contributed by atoms with Gasteiger partial charge in [0, 0.05) is 0 Å². The van der Waals surface area contributed by atoms with Crippen LogP contribution in [0.4, 0.5) is 0 Å². The number of esters is 3. The SMILES string of the molecule is CCOP(=O)(OCC)C(N[C@H]1O[C@@H](C)[C@@H](OC(=O)C(C)(C)C)[C@@H](OC(=O)C(C)(C)C)[C@@H]1OC(=O)C(C)(C)C)c1ccccc1. The van der Waals surface area contributed by atoms with Gasteiger partial charge < -0.3 is 28.0 Å². The first kappa shape index (κ1) is 37.9. The van der Waals surface area contributed by atoms with Gasteiger partial charge in [0.05, 0.1) is 35.6 Å². The van der Waals surface area contributed by atoms with Crippen molar-refractivity contribution in [1.82, 2.24) is 5.32 Å². The lowest BCUT2D eigenvalue weighted by molar-refractivity contribution is -0.257. The second-order valence-corrected chi connectivity index (χ2v) is 16.1. The lowest BCUT2D eigenvalue weighted by atomic mass is 9.93. The molecule has 1 N–H and O–H groups in total. The summed E-state index contributed by atoms with van der Waals surface area (Å²) in [5.74, 6) is -2.83. The van der Waals surface area contributed by atoms with Gasteiger partial charge in [-0.1, -0.05) is 30.3 Å². The summed E-state index contributed by atoms with van der Waals surface area (Å²) in [6.07, 6.45) is -5.79. The second-order valence-electron chi connectivity index (χ2n) is 14.0. The zero-order valence-electron chi connectivity index (χ0n) is 28.3. The van der Waals surface area contributed by atoms with E-state index in [-0.39, 0.29) is 13.2 Å². The van der Waals surface area contributed by atoms with Crippen molar-refractivity contribution in [3.63, 3.8) is 0 Å². The average molecular weight is 642 g/mol. The van der Waals surface area contributed by atoms with Crippen LogP contribution >= 0.6 is 7.60 Å². The Bertz CT molecular complexity index is 1160. The highest BCUT2D eigenvalue weighted by Crippen LogP contribution is 2.60. The van der Waals surface area contributed by atoms with Crippen molar-refractivity contribution < 1.29 is 46.9 Å². The van der Waals surface area contributed by atoms with Crippen molar-refractivity contribution in [3.05, 3.63) is 35.9 Å². The summed E-state index contributed by atoms with van der Waals surface area (Å²) in [4.78, 5) is 39.8. The molecule has 0 aliphatic carbocycles. The highest BCUT2D eigenvalue weighted by molar-refractivity contribution is 7.54. The maximum Gasteiger partial charge on any atom is 0.352 e. The molecule has 44 heavy (non-hydrogen) atoms. The van der Waals surface area contributed by atoms with Gasteiger partial charge in [0.25, 0.3) is 0 Å². The van der Waals surface area contributed by atoms with E-state index >= 15 is 0 Å². The monoisotopic (exact) mass is 641 g/mol. The Morgan fingerprint density at radius 3 is 1.57 bits per heavy atom. The van der Waals surface area contributed by atoms with E-state index in [0.29, 0.717) is 5.56 Å². The topological polar surface area (TPSA) is 136 Å². The number of nitrogens with one attached hydrogen (secondary N) is 1. The molecule has 11 nitrogen and oxygen atoms in total. The molecule has 0 bridgehead atoms. The summed E-state index contributed by atoms with van der Waals surface area (Å²) in [6, 6.07) is 8.90. The minimum absolute atomic E-state index is 0.101. The number of ether oxygens (including phenoxy) is 4. The van der Waals surface area contributed by atoms with E-state index in [1.165, 1.54) is 0 Å². The standard InChI is InChI=1S/C32H52NO10P/c1-13-38-44(37,39-14-2)26(21-18-16-15-17-19-21)33-25-24(43-29(36)32(10,11)12)23(42-28(35)31(7,8)9)22(20(3)40-25)41-27(34)30(4,5)6/h15-20,22-26,33H,13-14H2,1-12H3/t20-,22+,23+,24-,25-,26?/m0/s1. The Kier molecular flexibility index (Phi) is 12.8. The summed E-state index contributed by atoms with van der Waals surface area (Å²) >= 11 is 0. The van der Waals surface area contributed by atoms with Crippen molar-refractivity contribution in [2.75, 3.05) is 13.2 Å². The molecule has 0 aromatic heterocycles. The molecule has 2 rings (SSSR count). The minimum Gasteiger partial charge on any atom is -0.455 e. The van der Waals surface area contributed by atoms with Crippen LogP contribution in [-0.4, -0.2) is 61.8 Å². The molecule has 1 saturated heterocycles. The molecule has 1 aliphatic rings. The normalized spacial score (nSPS) is 23.9. The Labute approximate surface area is 262 Å². The predicted molar refractivity (Wildman–Crippen MR) is 166 cm³/mol. The third kappa shape index (κ3) is 9.85. The van der Waals surface area contributed by atoms with Crippen molar-refractivity contribution in [3.8, 4) is 0 Å². The molecule has 1 aromatic carbocycles. The maximum absolute atomic E-state index is 14.2. The molecular formula is C32H52NO10P. The lowest BCUT2D eigenvalue weighted by Crippen LogP contribution is -2.65. The van der Waals surface area contributed by atoms with Crippen molar-refractivity contribution in [2.24, 2.45) is 16.2 Å². The summed E-state index contributed by atoms with van der Waals surface area (Å²) in [7, 11) is -3.89. The van der Waals surface area contributed by atoms with E-state index in [1.54, 1.807) is 107 Å². The Morgan fingerprint density at radius 1 is 0.750 bits per heavy atom. The lowest BCUT2D eigenvalue weighted by Gasteiger charge is -2.46. The van der Waals surface area contributed by atoms with Crippen LogP contribution < -0.4 is 5.32 Å². The number of hydrogen-bond donors (Lipinski definition) is 1. The van der Waals surface area contributed by atoms with Crippen LogP contribution in [-0.2, 0) is 46.9 Å². The largest absolute Gasteiger partial charge is 0.455 e. The summed E-state index contributed by atoms with van der Waals surface area (Å²) in [6.45, 7) is 20.5. The fraction of sp³-hybridized carbons (Fsp3) is 0.719. The van der Waals surface area contributed by atoms with Crippen molar-refractivity contribution >= 4 is 25.5 Å². The summed E-state index contributed by atoms with van der Waals surface area (Å²) in [5.41, 5.74) is -2.20. The molecular weight excluding hydrogens is 589 g/mol. The third-order valence-corrected chi connectivity index (χ3v) is 9.02. The van der Waals surface area contributed by atoms with Crippen molar-refractivity contribution in [1.29, 1.82) is 0 Å².